The molecule has 0 spiro atoms. The Morgan fingerprint density at radius 3 is 1.91 bits per heavy atom. The lowest BCUT2D eigenvalue weighted by atomic mass is 9.77. The minimum absolute atomic E-state index is 0.354. The van der Waals surface area contributed by atoms with Crippen molar-refractivity contribution >= 4 is 0 Å². The second-order valence-corrected chi connectivity index (χ2v) is 6.41. The zero-order chi connectivity index (χ0) is 16.7. The topological polar surface area (TPSA) is 40.5 Å². The molecule has 0 aromatic carbocycles. The molecule has 22 heavy (non-hydrogen) atoms. The van der Waals surface area contributed by atoms with E-state index in [9.17, 15) is 40.9 Å². The summed E-state index contributed by atoms with van der Waals surface area (Å²) in [5.41, 5.74) is -9.79. The summed E-state index contributed by atoms with van der Waals surface area (Å²) in [6.45, 7) is 0. The molecule has 0 aromatic heterocycles. The van der Waals surface area contributed by atoms with Crippen molar-refractivity contribution in [3.05, 3.63) is 12.2 Å². The molecule has 0 radical (unpaired) electrons. The molecule has 0 aliphatic heterocycles. The Morgan fingerprint density at radius 1 is 0.955 bits per heavy atom. The van der Waals surface area contributed by atoms with Gasteiger partial charge in [0.25, 0.3) is 5.60 Å². The lowest BCUT2D eigenvalue weighted by Gasteiger charge is -2.43. The molecular formula is C13H13F7O2. The molecule has 3 aliphatic rings. The van der Waals surface area contributed by atoms with Crippen molar-refractivity contribution in [1.82, 2.24) is 0 Å². The second-order valence-electron chi connectivity index (χ2n) is 6.41. The van der Waals surface area contributed by atoms with Crippen molar-refractivity contribution in [2.45, 2.75) is 42.6 Å². The molecule has 2 saturated carbocycles. The Kier molecular flexibility index (Phi) is 3.04. The molecule has 0 heterocycles. The van der Waals surface area contributed by atoms with E-state index in [0.29, 0.717) is 6.42 Å². The van der Waals surface area contributed by atoms with Crippen LogP contribution in [0.1, 0.15) is 12.8 Å². The summed E-state index contributed by atoms with van der Waals surface area (Å²) in [6, 6.07) is 0. The van der Waals surface area contributed by atoms with E-state index in [2.05, 4.69) is 0 Å². The maximum atomic E-state index is 14.9. The fourth-order valence-corrected chi connectivity index (χ4v) is 4.48. The first-order chi connectivity index (χ1) is 9.84. The first kappa shape index (κ1) is 16.0. The van der Waals surface area contributed by atoms with Gasteiger partial charge in [-0.3, -0.25) is 0 Å². The minimum atomic E-state index is -6.29. The van der Waals surface area contributed by atoms with Crippen molar-refractivity contribution < 1.29 is 40.9 Å². The average Bonchev–Trinajstić information content (AvgIpc) is 3.00. The first-order valence-electron chi connectivity index (χ1n) is 6.75. The third-order valence-electron chi connectivity index (χ3n) is 5.48. The highest BCUT2D eigenvalue weighted by Gasteiger charge is 2.85. The monoisotopic (exact) mass is 334 g/mol. The van der Waals surface area contributed by atoms with Crippen LogP contribution < -0.4 is 0 Å². The third-order valence-corrected chi connectivity index (χ3v) is 5.48. The summed E-state index contributed by atoms with van der Waals surface area (Å²) in [6.07, 6.45) is -12.6. The molecule has 6 unspecified atom stereocenters. The van der Waals surface area contributed by atoms with Gasteiger partial charge < -0.3 is 10.2 Å². The Hall–Kier alpha value is -0.830. The smallest absolute Gasteiger partial charge is 0.389 e. The highest BCUT2D eigenvalue weighted by Crippen LogP contribution is 2.65. The molecule has 6 atom stereocenters. The summed E-state index contributed by atoms with van der Waals surface area (Å²) in [7, 11) is 0. The van der Waals surface area contributed by atoms with Gasteiger partial charge >= 0.3 is 12.4 Å². The van der Waals surface area contributed by atoms with Crippen LogP contribution in [0.4, 0.5) is 30.7 Å². The number of hydrogen-bond donors (Lipinski definition) is 2. The Balaban J connectivity index is 2.06. The van der Waals surface area contributed by atoms with Gasteiger partial charge in [0, 0.05) is 0 Å². The number of hydrogen-bond acceptors (Lipinski definition) is 2. The average molecular weight is 334 g/mol. The van der Waals surface area contributed by atoms with E-state index in [4.69, 9.17) is 0 Å². The maximum absolute atomic E-state index is 14.9. The fourth-order valence-electron chi connectivity index (χ4n) is 4.48. The maximum Gasteiger partial charge on any atom is 0.429 e. The van der Waals surface area contributed by atoms with Crippen molar-refractivity contribution in [3.8, 4) is 0 Å². The van der Waals surface area contributed by atoms with Crippen LogP contribution in [0, 0.1) is 23.7 Å². The van der Waals surface area contributed by atoms with Crippen molar-refractivity contribution in [2.24, 2.45) is 23.7 Å². The van der Waals surface area contributed by atoms with Crippen LogP contribution in [0.15, 0.2) is 12.2 Å². The molecule has 0 amide bonds. The van der Waals surface area contributed by atoms with Crippen LogP contribution in [-0.4, -0.2) is 39.9 Å². The standard InChI is InChI=1S/C13H13F7O2/c14-10(11(22,12(15,16)17)13(18,19)20)4-7-5-1-2-6(3-5)8(7)9(10)21/h1-2,5-9,21-22H,3-4H2. The largest absolute Gasteiger partial charge is 0.429 e. The number of aliphatic hydroxyl groups excluding tert-OH is 1. The van der Waals surface area contributed by atoms with Crippen LogP contribution in [0.5, 0.6) is 0 Å². The SMILES string of the molecule is OC1C2C3C=CC(C3)C2CC1(F)C(O)(C(F)(F)F)C(F)(F)F. The normalized spacial score (nSPS) is 44.7. The van der Waals surface area contributed by atoms with Crippen LogP contribution in [0.3, 0.4) is 0 Å². The van der Waals surface area contributed by atoms with Gasteiger partial charge in [-0.15, -0.1) is 0 Å². The van der Waals surface area contributed by atoms with Crippen LogP contribution in [-0.2, 0) is 0 Å². The van der Waals surface area contributed by atoms with Gasteiger partial charge in [-0.05, 0) is 36.5 Å². The van der Waals surface area contributed by atoms with E-state index in [1.165, 1.54) is 0 Å². The van der Waals surface area contributed by atoms with Gasteiger partial charge in [-0.1, -0.05) is 12.2 Å². The predicted octanol–water partition coefficient (Wildman–Crippen LogP) is 2.75. The van der Waals surface area contributed by atoms with E-state index < -0.39 is 53.9 Å². The van der Waals surface area contributed by atoms with E-state index >= 15 is 0 Å². The number of fused-ring (bicyclic) bond motifs is 5. The molecule has 9 heteroatoms. The number of alkyl halides is 7. The van der Waals surface area contributed by atoms with Crippen molar-refractivity contribution in [3.63, 3.8) is 0 Å². The minimum Gasteiger partial charge on any atom is -0.389 e. The lowest BCUT2D eigenvalue weighted by Crippen LogP contribution is -2.71. The third kappa shape index (κ3) is 1.64. The molecule has 3 aliphatic carbocycles. The van der Waals surface area contributed by atoms with Crippen LogP contribution in [0.25, 0.3) is 0 Å². The fraction of sp³-hybridized carbons (Fsp3) is 0.846. The van der Waals surface area contributed by atoms with E-state index in [1.54, 1.807) is 12.2 Å². The first-order valence-corrected chi connectivity index (χ1v) is 6.75. The van der Waals surface area contributed by atoms with Crippen LogP contribution in [0.2, 0.25) is 0 Å². The molecule has 0 aromatic rings. The highest BCUT2D eigenvalue weighted by molar-refractivity contribution is 5.26. The molecule has 0 saturated heterocycles. The molecule has 2 bridgehead atoms. The summed E-state index contributed by atoms with van der Waals surface area (Å²) < 4.78 is 92.4. The van der Waals surface area contributed by atoms with E-state index in [0.717, 1.165) is 0 Å². The number of allylic oxidation sites excluding steroid dienone is 2. The summed E-state index contributed by atoms with van der Waals surface area (Å²) in [5, 5.41) is 19.3. The lowest BCUT2D eigenvalue weighted by molar-refractivity contribution is -0.410. The number of aliphatic hydroxyl groups is 2. The van der Waals surface area contributed by atoms with Gasteiger partial charge in [0.15, 0.2) is 5.67 Å². The highest BCUT2D eigenvalue weighted by atomic mass is 19.4. The summed E-state index contributed by atoms with van der Waals surface area (Å²) in [5.74, 6) is -2.66. The zero-order valence-electron chi connectivity index (χ0n) is 11.0. The molecule has 2 fully saturated rings. The van der Waals surface area contributed by atoms with Gasteiger partial charge in [0.05, 0.1) is 6.10 Å². The predicted molar refractivity (Wildman–Crippen MR) is 59.2 cm³/mol. The molecule has 2 N–H and O–H groups in total. The van der Waals surface area contributed by atoms with Crippen LogP contribution >= 0.6 is 0 Å². The number of halogens is 7. The zero-order valence-corrected chi connectivity index (χ0v) is 11.0. The van der Waals surface area contributed by atoms with Gasteiger partial charge in [-0.2, -0.15) is 26.3 Å². The van der Waals surface area contributed by atoms with E-state index in [-0.39, 0.29) is 5.92 Å². The molecule has 2 nitrogen and oxygen atoms in total. The second kappa shape index (κ2) is 4.17. The summed E-state index contributed by atoms with van der Waals surface area (Å²) >= 11 is 0. The molecule has 3 rings (SSSR count). The van der Waals surface area contributed by atoms with Crippen molar-refractivity contribution in [1.29, 1.82) is 0 Å². The van der Waals surface area contributed by atoms with Crippen molar-refractivity contribution in [2.75, 3.05) is 0 Å². The van der Waals surface area contributed by atoms with Gasteiger partial charge in [0.2, 0.25) is 0 Å². The Morgan fingerprint density at radius 2 is 1.45 bits per heavy atom. The van der Waals surface area contributed by atoms with E-state index in [1.807, 2.05) is 0 Å². The quantitative estimate of drug-likeness (QED) is 0.572. The van der Waals surface area contributed by atoms with Gasteiger partial charge in [0.1, 0.15) is 0 Å². The Bertz CT molecular complexity index is 497. The summed E-state index contributed by atoms with van der Waals surface area (Å²) in [4.78, 5) is 0. The molecule has 126 valence electrons. The van der Waals surface area contributed by atoms with Gasteiger partial charge in [-0.25, -0.2) is 4.39 Å². The Labute approximate surface area is 120 Å². The number of rotatable bonds is 1. The molecular weight excluding hydrogens is 321 g/mol.